The molecule has 1 fully saturated rings. The average molecular weight is 480 g/mol. The van der Waals surface area contributed by atoms with Crippen LogP contribution in [-0.4, -0.2) is 55.7 Å². The molecule has 1 aliphatic heterocycles. The first kappa shape index (κ1) is 24.4. The summed E-state index contributed by atoms with van der Waals surface area (Å²) in [6, 6.07) is 11.7. The first-order chi connectivity index (χ1) is 15.3. The Labute approximate surface area is 192 Å². The van der Waals surface area contributed by atoms with Crippen LogP contribution in [0, 0.1) is 0 Å². The normalized spacial score (nSPS) is 20.5. The zero-order valence-electron chi connectivity index (χ0n) is 18.0. The number of thiophene rings is 1. The number of carbonyl (C=O) groups is 2. The van der Waals surface area contributed by atoms with Gasteiger partial charge in [-0.05, 0) is 36.1 Å². The molecule has 32 heavy (non-hydrogen) atoms. The molecule has 2 heterocycles. The van der Waals surface area contributed by atoms with E-state index in [0.717, 1.165) is 16.9 Å². The smallest absolute Gasteiger partial charge is 0.245 e. The molecule has 0 spiro atoms. The molecular formula is C22H29N3O5S2. The third kappa shape index (κ3) is 4.88. The topological polar surface area (TPSA) is 130 Å². The van der Waals surface area contributed by atoms with Crippen molar-refractivity contribution in [2.24, 2.45) is 5.73 Å². The Morgan fingerprint density at radius 3 is 2.53 bits per heavy atom. The van der Waals surface area contributed by atoms with Crippen molar-refractivity contribution in [3.05, 3.63) is 46.8 Å². The third-order valence-electron chi connectivity index (χ3n) is 5.99. The molecule has 1 aromatic heterocycles. The number of hydrogen-bond acceptors (Lipinski definition) is 7. The minimum Gasteiger partial charge on any atom is -0.342 e. The molecule has 3 rings (SSSR count). The van der Waals surface area contributed by atoms with Gasteiger partial charge in [-0.1, -0.05) is 31.2 Å². The second kappa shape index (κ2) is 10.1. The molecule has 1 saturated heterocycles. The highest BCUT2D eigenvalue weighted by Crippen LogP contribution is 2.45. The van der Waals surface area contributed by atoms with E-state index in [-0.39, 0.29) is 44.1 Å². The Morgan fingerprint density at radius 2 is 1.91 bits per heavy atom. The number of aryl methyl sites for hydroxylation is 1. The number of nitrogens with two attached hydrogens (primary N) is 1. The van der Waals surface area contributed by atoms with E-state index in [0.29, 0.717) is 4.88 Å². The minimum atomic E-state index is -3.83. The van der Waals surface area contributed by atoms with Gasteiger partial charge in [-0.2, -0.15) is 0 Å². The zero-order chi connectivity index (χ0) is 23.4. The SMILES string of the molecule is CCc1ccc(-c2ccc([C@@]3(CC(=O)NO)CCN(C(=O)CCN)CCS3(=O)=O)s2)cc1. The fourth-order valence-electron chi connectivity index (χ4n) is 4.04. The molecule has 2 amide bonds. The van der Waals surface area contributed by atoms with Gasteiger partial charge in [-0.3, -0.25) is 14.8 Å². The van der Waals surface area contributed by atoms with Crippen LogP contribution in [0.25, 0.3) is 10.4 Å². The molecule has 0 unspecified atom stereocenters. The highest BCUT2D eigenvalue weighted by atomic mass is 32.2. The van der Waals surface area contributed by atoms with Crippen LogP contribution in [0.4, 0.5) is 0 Å². The molecule has 1 aliphatic rings. The lowest BCUT2D eigenvalue weighted by molar-refractivity contribution is -0.130. The molecule has 2 aromatic rings. The summed E-state index contributed by atoms with van der Waals surface area (Å²) in [5, 5.41) is 9.14. The van der Waals surface area contributed by atoms with Gasteiger partial charge in [-0.15, -0.1) is 11.3 Å². The highest BCUT2D eigenvalue weighted by molar-refractivity contribution is 7.92. The number of amides is 2. The quantitative estimate of drug-likeness (QED) is 0.412. The van der Waals surface area contributed by atoms with Gasteiger partial charge in [0.15, 0.2) is 9.84 Å². The van der Waals surface area contributed by atoms with E-state index in [4.69, 9.17) is 10.9 Å². The average Bonchev–Trinajstić information content (AvgIpc) is 3.23. The molecule has 0 saturated carbocycles. The van der Waals surface area contributed by atoms with Crippen LogP contribution >= 0.6 is 11.3 Å². The molecule has 10 heteroatoms. The van der Waals surface area contributed by atoms with Crippen molar-refractivity contribution in [1.82, 2.24) is 10.4 Å². The maximum absolute atomic E-state index is 13.5. The summed E-state index contributed by atoms with van der Waals surface area (Å²) in [4.78, 5) is 27.5. The number of hydroxylamine groups is 1. The van der Waals surface area contributed by atoms with Gasteiger partial charge in [0.25, 0.3) is 0 Å². The van der Waals surface area contributed by atoms with Crippen molar-refractivity contribution in [3.63, 3.8) is 0 Å². The molecule has 0 radical (unpaired) electrons. The summed E-state index contributed by atoms with van der Waals surface area (Å²) in [5.74, 6) is -1.24. The van der Waals surface area contributed by atoms with E-state index in [2.05, 4.69) is 6.92 Å². The maximum atomic E-state index is 13.5. The molecular weight excluding hydrogens is 450 g/mol. The lowest BCUT2D eigenvalue weighted by Gasteiger charge is -2.30. The fraction of sp³-hybridized carbons (Fsp3) is 0.455. The first-order valence-corrected chi connectivity index (χ1v) is 13.1. The Hall–Kier alpha value is -2.27. The van der Waals surface area contributed by atoms with Crippen molar-refractivity contribution < 1.29 is 23.2 Å². The Balaban J connectivity index is 2.02. The minimum absolute atomic E-state index is 0.0559. The van der Waals surface area contributed by atoms with Crippen LogP contribution in [0.15, 0.2) is 36.4 Å². The monoisotopic (exact) mass is 479 g/mol. The molecule has 1 aromatic carbocycles. The Bertz CT molecular complexity index is 1070. The van der Waals surface area contributed by atoms with Crippen LogP contribution in [0.1, 0.15) is 36.6 Å². The predicted octanol–water partition coefficient (Wildman–Crippen LogP) is 2.06. The number of sulfone groups is 1. The number of carbonyl (C=O) groups excluding carboxylic acids is 2. The maximum Gasteiger partial charge on any atom is 0.245 e. The van der Waals surface area contributed by atoms with Crippen LogP contribution in [0.5, 0.6) is 0 Å². The summed E-state index contributed by atoms with van der Waals surface area (Å²) in [6.07, 6.45) is 0.710. The number of nitrogens with zero attached hydrogens (tertiary/aromatic N) is 1. The highest BCUT2D eigenvalue weighted by Gasteiger charge is 2.49. The Morgan fingerprint density at radius 1 is 1.19 bits per heavy atom. The first-order valence-electron chi connectivity index (χ1n) is 10.6. The van der Waals surface area contributed by atoms with Gasteiger partial charge in [-0.25, -0.2) is 13.9 Å². The third-order valence-corrected chi connectivity index (χ3v) is 9.94. The summed E-state index contributed by atoms with van der Waals surface area (Å²) in [7, 11) is -3.83. The second-order valence-electron chi connectivity index (χ2n) is 7.91. The van der Waals surface area contributed by atoms with Gasteiger partial charge in [0.05, 0.1) is 12.2 Å². The van der Waals surface area contributed by atoms with Crippen molar-refractivity contribution in [2.75, 3.05) is 25.4 Å². The van der Waals surface area contributed by atoms with E-state index >= 15 is 0 Å². The van der Waals surface area contributed by atoms with Gasteiger partial charge < -0.3 is 10.6 Å². The molecule has 0 aliphatic carbocycles. The van der Waals surface area contributed by atoms with Crippen molar-refractivity contribution in [3.8, 4) is 10.4 Å². The van der Waals surface area contributed by atoms with E-state index in [1.807, 2.05) is 30.3 Å². The molecule has 0 bridgehead atoms. The summed E-state index contributed by atoms with van der Waals surface area (Å²) >= 11 is 1.32. The van der Waals surface area contributed by atoms with E-state index in [1.54, 1.807) is 11.5 Å². The lowest BCUT2D eigenvalue weighted by Crippen LogP contribution is -2.41. The standard InChI is InChI=1S/C22H29N3O5S2/c1-2-16-3-5-17(6-4-16)18-7-8-19(31-18)22(15-20(26)24-28)10-12-25(21(27)9-11-23)13-14-32(22,29)30/h3-8,28H,2,9-15,23H2,1H3,(H,24,26)/t22-/m0/s1. The van der Waals surface area contributed by atoms with Crippen LogP contribution < -0.4 is 11.2 Å². The summed E-state index contributed by atoms with van der Waals surface area (Å²) in [5.41, 5.74) is 9.23. The number of hydrogen-bond donors (Lipinski definition) is 3. The van der Waals surface area contributed by atoms with Crippen molar-refractivity contribution in [2.45, 2.75) is 37.4 Å². The van der Waals surface area contributed by atoms with Gasteiger partial charge in [0, 0.05) is 35.8 Å². The van der Waals surface area contributed by atoms with Crippen LogP contribution in [0.3, 0.4) is 0 Å². The van der Waals surface area contributed by atoms with E-state index < -0.39 is 26.9 Å². The molecule has 8 nitrogen and oxygen atoms in total. The summed E-state index contributed by atoms with van der Waals surface area (Å²) < 4.78 is 25.5. The second-order valence-corrected chi connectivity index (χ2v) is 11.4. The molecule has 174 valence electrons. The summed E-state index contributed by atoms with van der Waals surface area (Å²) in [6.45, 7) is 2.51. The fourth-order valence-corrected chi connectivity index (χ4v) is 7.65. The zero-order valence-corrected chi connectivity index (χ0v) is 19.7. The van der Waals surface area contributed by atoms with Crippen molar-refractivity contribution >= 4 is 33.0 Å². The number of benzene rings is 1. The Kier molecular flexibility index (Phi) is 7.71. The lowest BCUT2D eigenvalue weighted by atomic mass is 9.97. The van der Waals surface area contributed by atoms with Gasteiger partial charge >= 0.3 is 0 Å². The largest absolute Gasteiger partial charge is 0.342 e. The van der Waals surface area contributed by atoms with Crippen LogP contribution in [-0.2, 0) is 30.6 Å². The van der Waals surface area contributed by atoms with Crippen molar-refractivity contribution in [1.29, 1.82) is 0 Å². The van der Waals surface area contributed by atoms with E-state index in [9.17, 15) is 18.0 Å². The molecule has 4 N–H and O–H groups in total. The predicted molar refractivity (Wildman–Crippen MR) is 124 cm³/mol. The van der Waals surface area contributed by atoms with Gasteiger partial charge in [0.1, 0.15) is 4.75 Å². The van der Waals surface area contributed by atoms with Crippen LogP contribution in [0.2, 0.25) is 0 Å². The molecule has 1 atom stereocenters. The van der Waals surface area contributed by atoms with Gasteiger partial charge in [0.2, 0.25) is 11.8 Å². The van der Waals surface area contributed by atoms with E-state index in [1.165, 1.54) is 21.8 Å². The number of rotatable bonds is 7. The number of nitrogens with one attached hydrogen (secondary N) is 1.